The fourth-order valence-electron chi connectivity index (χ4n) is 2.72. The van der Waals surface area contributed by atoms with E-state index in [2.05, 4.69) is 18.7 Å². The smallest absolute Gasteiger partial charge is 0.160 e. The fourth-order valence-corrected chi connectivity index (χ4v) is 2.72. The number of phenols is 1. The Morgan fingerprint density at radius 1 is 1.26 bits per heavy atom. The van der Waals surface area contributed by atoms with Crippen molar-refractivity contribution in [2.45, 2.75) is 39.7 Å². The zero-order valence-electron chi connectivity index (χ0n) is 12.3. The highest BCUT2D eigenvalue weighted by atomic mass is 16.5. The van der Waals surface area contributed by atoms with Gasteiger partial charge in [-0.25, -0.2) is 0 Å². The number of hydrogen-bond donors (Lipinski definition) is 1. The number of rotatable bonds is 3. The molecule has 1 aliphatic rings. The monoisotopic (exact) mass is 263 g/mol. The summed E-state index contributed by atoms with van der Waals surface area (Å²) in [6.07, 6.45) is 3.83. The summed E-state index contributed by atoms with van der Waals surface area (Å²) in [5.41, 5.74) is 1.68. The molecule has 0 radical (unpaired) electrons. The van der Waals surface area contributed by atoms with Gasteiger partial charge in [0.1, 0.15) is 0 Å². The molecule has 0 bridgehead atoms. The Hall–Kier alpha value is -1.22. The summed E-state index contributed by atoms with van der Waals surface area (Å²) in [6, 6.07) is 5.63. The third-order valence-electron chi connectivity index (χ3n) is 4.08. The molecule has 106 valence electrons. The van der Waals surface area contributed by atoms with E-state index >= 15 is 0 Å². The van der Waals surface area contributed by atoms with Crippen LogP contribution in [0.2, 0.25) is 0 Å². The summed E-state index contributed by atoms with van der Waals surface area (Å²) in [6.45, 7) is 7.97. The van der Waals surface area contributed by atoms with Gasteiger partial charge in [0.05, 0.1) is 7.11 Å². The quantitative estimate of drug-likeness (QED) is 0.907. The number of hydrogen-bond acceptors (Lipinski definition) is 3. The van der Waals surface area contributed by atoms with Gasteiger partial charge in [-0.3, -0.25) is 4.90 Å². The molecule has 0 saturated carbocycles. The first-order valence-corrected chi connectivity index (χ1v) is 7.08. The lowest BCUT2D eigenvalue weighted by Crippen LogP contribution is -2.25. The van der Waals surface area contributed by atoms with Crippen molar-refractivity contribution in [3.8, 4) is 11.5 Å². The van der Waals surface area contributed by atoms with Crippen LogP contribution in [0.4, 0.5) is 0 Å². The molecule has 1 N–H and O–H groups in total. The first kappa shape index (κ1) is 14.2. The normalized spacial score (nSPS) is 19.9. The number of ether oxygens (including phenoxy) is 1. The van der Waals surface area contributed by atoms with Gasteiger partial charge in [-0.05, 0) is 55.5 Å². The van der Waals surface area contributed by atoms with E-state index in [1.807, 2.05) is 12.1 Å². The van der Waals surface area contributed by atoms with Gasteiger partial charge in [0.15, 0.2) is 11.5 Å². The maximum atomic E-state index is 9.62. The first-order valence-electron chi connectivity index (χ1n) is 7.08. The number of likely N-dealkylation sites (tertiary alicyclic amines) is 1. The van der Waals surface area contributed by atoms with Gasteiger partial charge in [0.25, 0.3) is 0 Å². The predicted molar refractivity (Wildman–Crippen MR) is 77.6 cm³/mol. The Bertz CT molecular complexity index is 429. The molecule has 1 aromatic carbocycles. The summed E-state index contributed by atoms with van der Waals surface area (Å²) in [5.74, 6) is 0.774. The van der Waals surface area contributed by atoms with Crippen LogP contribution in [0.3, 0.4) is 0 Å². The van der Waals surface area contributed by atoms with E-state index in [1.54, 1.807) is 13.2 Å². The Morgan fingerprint density at radius 2 is 2.05 bits per heavy atom. The summed E-state index contributed by atoms with van der Waals surface area (Å²) in [5, 5.41) is 9.62. The molecular formula is C16H25NO2. The van der Waals surface area contributed by atoms with Crippen LogP contribution >= 0.6 is 0 Å². The maximum absolute atomic E-state index is 9.62. The first-order chi connectivity index (χ1) is 9.00. The van der Waals surface area contributed by atoms with E-state index in [0.717, 1.165) is 19.6 Å². The highest BCUT2D eigenvalue weighted by molar-refractivity contribution is 5.41. The number of nitrogens with zero attached hydrogens (tertiary/aromatic N) is 1. The molecule has 2 rings (SSSR count). The summed E-state index contributed by atoms with van der Waals surface area (Å²) in [4.78, 5) is 2.50. The van der Waals surface area contributed by atoms with E-state index in [4.69, 9.17) is 4.74 Å². The minimum Gasteiger partial charge on any atom is -0.504 e. The summed E-state index contributed by atoms with van der Waals surface area (Å²) < 4.78 is 5.16. The maximum Gasteiger partial charge on any atom is 0.160 e. The van der Waals surface area contributed by atoms with Crippen molar-refractivity contribution >= 4 is 0 Å². The van der Waals surface area contributed by atoms with E-state index < -0.39 is 0 Å². The third-order valence-corrected chi connectivity index (χ3v) is 4.08. The highest BCUT2D eigenvalue weighted by Gasteiger charge is 2.23. The van der Waals surface area contributed by atoms with Gasteiger partial charge in [0.2, 0.25) is 0 Å². The number of methoxy groups -OCH3 is 1. The lowest BCUT2D eigenvalue weighted by atomic mass is 9.85. The molecule has 0 amide bonds. The van der Waals surface area contributed by atoms with Gasteiger partial charge >= 0.3 is 0 Å². The minimum atomic E-state index is 0.211. The Morgan fingerprint density at radius 3 is 2.79 bits per heavy atom. The Kier molecular flexibility index (Phi) is 4.35. The molecule has 19 heavy (non-hydrogen) atoms. The second-order valence-electron chi connectivity index (χ2n) is 6.30. The average molecular weight is 263 g/mol. The molecule has 1 aromatic rings. The van der Waals surface area contributed by atoms with Crippen molar-refractivity contribution in [3.63, 3.8) is 0 Å². The molecule has 3 nitrogen and oxygen atoms in total. The molecule has 1 fully saturated rings. The van der Waals surface area contributed by atoms with Crippen molar-refractivity contribution in [2.24, 2.45) is 5.41 Å². The number of phenolic OH excluding ortho intramolecular Hbond substituents is 1. The highest BCUT2D eigenvalue weighted by Crippen LogP contribution is 2.31. The lowest BCUT2D eigenvalue weighted by molar-refractivity contribution is 0.255. The van der Waals surface area contributed by atoms with E-state index in [0.29, 0.717) is 11.2 Å². The molecule has 0 spiro atoms. The van der Waals surface area contributed by atoms with E-state index in [1.165, 1.54) is 24.8 Å². The predicted octanol–water partition coefficient (Wildman–Crippen LogP) is 3.41. The fraction of sp³-hybridized carbons (Fsp3) is 0.625. The van der Waals surface area contributed by atoms with Crippen LogP contribution in [0.15, 0.2) is 18.2 Å². The SMILES string of the molecule is COc1cc(CN2CCCC(C)(C)CC2)ccc1O. The van der Waals surface area contributed by atoms with Crippen molar-refractivity contribution in [1.82, 2.24) is 4.90 Å². The molecule has 0 unspecified atom stereocenters. The number of aromatic hydroxyl groups is 1. The largest absolute Gasteiger partial charge is 0.504 e. The van der Waals surface area contributed by atoms with Gasteiger partial charge in [0, 0.05) is 6.54 Å². The zero-order chi connectivity index (χ0) is 13.9. The molecule has 1 saturated heterocycles. The van der Waals surface area contributed by atoms with Crippen LogP contribution in [0.5, 0.6) is 11.5 Å². The van der Waals surface area contributed by atoms with E-state index in [-0.39, 0.29) is 5.75 Å². The van der Waals surface area contributed by atoms with Crippen LogP contribution in [-0.2, 0) is 6.54 Å². The molecule has 1 aliphatic heterocycles. The molecular weight excluding hydrogens is 238 g/mol. The van der Waals surface area contributed by atoms with Crippen molar-refractivity contribution < 1.29 is 9.84 Å². The Balaban J connectivity index is 2.01. The van der Waals surface area contributed by atoms with Crippen molar-refractivity contribution in [1.29, 1.82) is 0 Å². The van der Waals surface area contributed by atoms with Crippen molar-refractivity contribution in [3.05, 3.63) is 23.8 Å². The average Bonchev–Trinajstić information content (AvgIpc) is 2.53. The summed E-state index contributed by atoms with van der Waals surface area (Å²) in [7, 11) is 1.59. The molecule has 0 aromatic heterocycles. The standard InChI is InChI=1S/C16H25NO2/c1-16(2)7-4-9-17(10-8-16)12-13-5-6-14(18)15(11-13)19-3/h5-6,11,18H,4,7-10,12H2,1-3H3. The minimum absolute atomic E-state index is 0.211. The van der Waals surface area contributed by atoms with Crippen LogP contribution in [0, 0.1) is 5.41 Å². The second-order valence-corrected chi connectivity index (χ2v) is 6.30. The van der Waals surface area contributed by atoms with Crippen LogP contribution in [0.25, 0.3) is 0 Å². The lowest BCUT2D eigenvalue weighted by Gasteiger charge is -2.23. The molecule has 1 heterocycles. The van der Waals surface area contributed by atoms with Crippen LogP contribution in [-0.4, -0.2) is 30.2 Å². The molecule has 0 atom stereocenters. The van der Waals surface area contributed by atoms with E-state index in [9.17, 15) is 5.11 Å². The van der Waals surface area contributed by atoms with Gasteiger partial charge in [-0.2, -0.15) is 0 Å². The van der Waals surface area contributed by atoms with Gasteiger partial charge in [-0.15, -0.1) is 0 Å². The van der Waals surface area contributed by atoms with Crippen molar-refractivity contribution in [2.75, 3.05) is 20.2 Å². The van der Waals surface area contributed by atoms with Crippen LogP contribution < -0.4 is 4.74 Å². The topological polar surface area (TPSA) is 32.7 Å². The van der Waals surface area contributed by atoms with Crippen LogP contribution in [0.1, 0.15) is 38.7 Å². The second kappa shape index (κ2) is 5.83. The number of benzene rings is 1. The third kappa shape index (κ3) is 3.87. The Labute approximate surface area is 116 Å². The van der Waals surface area contributed by atoms with Gasteiger partial charge < -0.3 is 9.84 Å². The zero-order valence-corrected chi connectivity index (χ0v) is 12.3. The summed E-state index contributed by atoms with van der Waals surface area (Å²) >= 11 is 0. The van der Waals surface area contributed by atoms with Gasteiger partial charge in [-0.1, -0.05) is 19.9 Å². The molecule has 3 heteroatoms. The molecule has 0 aliphatic carbocycles.